The lowest BCUT2D eigenvalue weighted by molar-refractivity contribution is 0.316. The van der Waals surface area contributed by atoms with Gasteiger partial charge in [0.05, 0.1) is 5.75 Å². The number of nitrogens with zero attached hydrogens (tertiary/aromatic N) is 1. The van der Waals surface area contributed by atoms with Crippen molar-refractivity contribution in [3.05, 3.63) is 0 Å². The van der Waals surface area contributed by atoms with Crippen LogP contribution in [0, 0.1) is 5.41 Å². The maximum atomic E-state index is 12.2. The molecule has 0 fully saturated rings. The SMILES string of the molecule is CCCCCCS(=O)(=O)N(CC)CCC(C)(C)C. The fourth-order valence-corrected chi connectivity index (χ4v) is 3.38. The van der Waals surface area contributed by atoms with E-state index in [4.69, 9.17) is 0 Å². The molecule has 0 heterocycles. The zero-order valence-electron chi connectivity index (χ0n) is 12.8. The van der Waals surface area contributed by atoms with Crippen molar-refractivity contribution in [3.8, 4) is 0 Å². The van der Waals surface area contributed by atoms with Gasteiger partial charge in [-0.1, -0.05) is 53.9 Å². The minimum absolute atomic E-state index is 0.186. The first kappa shape index (κ1) is 17.9. The van der Waals surface area contributed by atoms with Gasteiger partial charge in [0, 0.05) is 13.1 Å². The van der Waals surface area contributed by atoms with Crippen molar-refractivity contribution >= 4 is 10.0 Å². The molecule has 0 bridgehead atoms. The molecule has 0 radical (unpaired) electrons. The fourth-order valence-electron chi connectivity index (χ4n) is 1.79. The second kappa shape index (κ2) is 8.16. The second-order valence-electron chi connectivity index (χ2n) is 6.18. The van der Waals surface area contributed by atoms with Crippen LogP contribution in [0.5, 0.6) is 0 Å². The van der Waals surface area contributed by atoms with E-state index in [1.165, 1.54) is 0 Å². The van der Waals surface area contributed by atoms with Gasteiger partial charge in [0.25, 0.3) is 0 Å². The molecule has 0 unspecified atom stereocenters. The second-order valence-corrected chi connectivity index (χ2v) is 8.27. The van der Waals surface area contributed by atoms with E-state index in [2.05, 4.69) is 27.7 Å². The van der Waals surface area contributed by atoms with Gasteiger partial charge in [0.1, 0.15) is 0 Å². The topological polar surface area (TPSA) is 37.4 Å². The number of sulfonamides is 1. The zero-order valence-corrected chi connectivity index (χ0v) is 13.6. The van der Waals surface area contributed by atoms with Crippen LogP contribution in [0.15, 0.2) is 0 Å². The lowest BCUT2D eigenvalue weighted by Gasteiger charge is -2.25. The summed E-state index contributed by atoms with van der Waals surface area (Å²) in [5.74, 6) is 0.310. The highest BCUT2D eigenvalue weighted by Crippen LogP contribution is 2.20. The van der Waals surface area contributed by atoms with Crippen LogP contribution in [-0.2, 0) is 10.0 Å². The van der Waals surface area contributed by atoms with E-state index < -0.39 is 10.0 Å². The van der Waals surface area contributed by atoms with Gasteiger partial charge >= 0.3 is 0 Å². The summed E-state index contributed by atoms with van der Waals surface area (Å²) >= 11 is 0. The third-order valence-electron chi connectivity index (χ3n) is 3.11. The Morgan fingerprint density at radius 1 is 1.00 bits per heavy atom. The average molecular weight is 277 g/mol. The minimum atomic E-state index is -3.04. The highest BCUT2D eigenvalue weighted by Gasteiger charge is 2.21. The summed E-state index contributed by atoms with van der Waals surface area (Å²) in [6.45, 7) is 11.7. The molecule has 0 amide bonds. The Morgan fingerprint density at radius 3 is 2.06 bits per heavy atom. The summed E-state index contributed by atoms with van der Waals surface area (Å²) in [7, 11) is -3.04. The lowest BCUT2D eigenvalue weighted by Crippen LogP contribution is -2.35. The highest BCUT2D eigenvalue weighted by atomic mass is 32.2. The van der Waals surface area contributed by atoms with Gasteiger partial charge < -0.3 is 0 Å². The third kappa shape index (κ3) is 8.09. The molecule has 0 spiro atoms. The standard InChI is InChI=1S/C14H31NO2S/c1-6-8-9-10-13-18(16,17)15(7-2)12-11-14(3,4)5/h6-13H2,1-5H3. The first-order chi connectivity index (χ1) is 8.23. The molecule has 0 aromatic rings. The Hall–Kier alpha value is -0.0900. The predicted octanol–water partition coefficient (Wildman–Crippen LogP) is 3.65. The molecule has 0 aliphatic rings. The van der Waals surface area contributed by atoms with Crippen molar-refractivity contribution in [2.45, 2.75) is 66.7 Å². The quantitative estimate of drug-likeness (QED) is 0.603. The zero-order chi connectivity index (χ0) is 14.2. The molecule has 0 aromatic carbocycles. The van der Waals surface area contributed by atoms with E-state index in [1.807, 2.05) is 6.92 Å². The van der Waals surface area contributed by atoms with E-state index in [0.717, 1.165) is 32.1 Å². The van der Waals surface area contributed by atoms with Crippen molar-refractivity contribution in [3.63, 3.8) is 0 Å². The van der Waals surface area contributed by atoms with Crippen LogP contribution >= 0.6 is 0 Å². The Labute approximate surface area is 114 Å². The van der Waals surface area contributed by atoms with E-state index >= 15 is 0 Å². The molecular formula is C14H31NO2S. The lowest BCUT2D eigenvalue weighted by atomic mass is 9.92. The Bertz CT molecular complexity index is 304. The summed E-state index contributed by atoms with van der Waals surface area (Å²) in [5.41, 5.74) is 0.186. The smallest absolute Gasteiger partial charge is 0.212 e. The highest BCUT2D eigenvalue weighted by molar-refractivity contribution is 7.89. The first-order valence-electron chi connectivity index (χ1n) is 7.20. The van der Waals surface area contributed by atoms with Crippen LogP contribution in [0.1, 0.15) is 66.7 Å². The number of hydrogen-bond acceptors (Lipinski definition) is 2. The molecule has 0 saturated carbocycles. The van der Waals surface area contributed by atoms with Gasteiger partial charge in [-0.3, -0.25) is 0 Å². The van der Waals surface area contributed by atoms with Crippen molar-refractivity contribution in [2.24, 2.45) is 5.41 Å². The number of unbranched alkanes of at least 4 members (excludes halogenated alkanes) is 3. The van der Waals surface area contributed by atoms with E-state index in [9.17, 15) is 8.42 Å². The predicted molar refractivity (Wildman–Crippen MR) is 79.2 cm³/mol. The fraction of sp³-hybridized carbons (Fsp3) is 1.00. The van der Waals surface area contributed by atoms with E-state index in [1.54, 1.807) is 4.31 Å². The minimum Gasteiger partial charge on any atom is -0.212 e. The molecule has 3 nitrogen and oxygen atoms in total. The maximum Gasteiger partial charge on any atom is 0.214 e. The molecule has 0 rings (SSSR count). The molecule has 18 heavy (non-hydrogen) atoms. The molecule has 0 aromatic heterocycles. The first-order valence-corrected chi connectivity index (χ1v) is 8.81. The van der Waals surface area contributed by atoms with Gasteiger partial charge in [-0.25, -0.2) is 12.7 Å². The molecular weight excluding hydrogens is 246 g/mol. The summed E-state index contributed by atoms with van der Waals surface area (Å²) in [4.78, 5) is 0. The number of rotatable bonds is 9. The molecule has 0 saturated heterocycles. The molecule has 0 atom stereocenters. The third-order valence-corrected chi connectivity index (χ3v) is 5.15. The Kier molecular flexibility index (Phi) is 8.11. The molecule has 4 heteroatoms. The van der Waals surface area contributed by atoms with Crippen LogP contribution in [0.4, 0.5) is 0 Å². The Morgan fingerprint density at radius 2 is 1.61 bits per heavy atom. The summed E-state index contributed by atoms with van der Waals surface area (Å²) < 4.78 is 26.0. The largest absolute Gasteiger partial charge is 0.214 e. The van der Waals surface area contributed by atoms with Crippen LogP contribution in [0.25, 0.3) is 0 Å². The van der Waals surface area contributed by atoms with Crippen LogP contribution in [0.2, 0.25) is 0 Å². The van der Waals surface area contributed by atoms with Crippen LogP contribution < -0.4 is 0 Å². The van der Waals surface area contributed by atoms with E-state index in [0.29, 0.717) is 18.8 Å². The monoisotopic (exact) mass is 277 g/mol. The van der Waals surface area contributed by atoms with Crippen LogP contribution in [0.3, 0.4) is 0 Å². The molecule has 0 aliphatic heterocycles. The normalized spacial score (nSPS) is 13.2. The summed E-state index contributed by atoms with van der Waals surface area (Å²) in [6.07, 6.45) is 5.00. The van der Waals surface area contributed by atoms with Crippen LogP contribution in [-0.4, -0.2) is 31.6 Å². The van der Waals surface area contributed by atoms with Gasteiger partial charge in [-0.2, -0.15) is 0 Å². The van der Waals surface area contributed by atoms with Gasteiger partial charge in [-0.15, -0.1) is 0 Å². The Balaban J connectivity index is 4.26. The van der Waals surface area contributed by atoms with Crippen molar-refractivity contribution in [1.82, 2.24) is 4.31 Å². The van der Waals surface area contributed by atoms with Gasteiger partial charge in [-0.05, 0) is 18.3 Å². The summed E-state index contributed by atoms with van der Waals surface area (Å²) in [6, 6.07) is 0. The van der Waals surface area contributed by atoms with E-state index in [-0.39, 0.29) is 5.41 Å². The van der Waals surface area contributed by atoms with Crippen molar-refractivity contribution < 1.29 is 8.42 Å². The van der Waals surface area contributed by atoms with Gasteiger partial charge in [0.15, 0.2) is 0 Å². The average Bonchev–Trinajstić information content (AvgIpc) is 2.23. The molecule has 110 valence electrons. The van der Waals surface area contributed by atoms with Gasteiger partial charge in [0.2, 0.25) is 10.0 Å². The number of hydrogen-bond donors (Lipinski definition) is 0. The molecule has 0 aliphatic carbocycles. The summed E-state index contributed by atoms with van der Waals surface area (Å²) in [5, 5.41) is 0. The van der Waals surface area contributed by atoms with Crippen molar-refractivity contribution in [2.75, 3.05) is 18.8 Å². The van der Waals surface area contributed by atoms with Crippen molar-refractivity contribution in [1.29, 1.82) is 0 Å². The molecule has 0 N–H and O–H groups in total. The maximum absolute atomic E-state index is 12.2.